The van der Waals surface area contributed by atoms with Crippen LogP contribution in [0.4, 0.5) is 0 Å². The van der Waals surface area contributed by atoms with Gasteiger partial charge < -0.3 is 9.84 Å². The molecule has 2 atom stereocenters. The van der Waals surface area contributed by atoms with Crippen molar-refractivity contribution in [2.75, 3.05) is 19.7 Å². The molecule has 4 heteroatoms. The average molecular weight is 255 g/mol. The van der Waals surface area contributed by atoms with Gasteiger partial charge in [0.25, 0.3) is 0 Å². The predicted octanol–water partition coefficient (Wildman–Crippen LogP) is 2.13. The summed E-state index contributed by atoms with van der Waals surface area (Å²) in [5, 5.41) is 9.44. The van der Waals surface area contributed by atoms with E-state index in [1.54, 1.807) is 0 Å². The minimum absolute atomic E-state index is 0.145. The molecule has 0 radical (unpaired) electrons. The summed E-state index contributed by atoms with van der Waals surface area (Å²) >= 11 is 0. The molecule has 2 rings (SSSR count). The summed E-state index contributed by atoms with van der Waals surface area (Å²) in [4.78, 5) is 13.8. The lowest BCUT2D eigenvalue weighted by Gasteiger charge is -2.43. The van der Waals surface area contributed by atoms with Crippen LogP contribution in [0.2, 0.25) is 0 Å². The van der Waals surface area contributed by atoms with Crippen molar-refractivity contribution in [2.45, 2.75) is 57.6 Å². The van der Waals surface area contributed by atoms with Crippen LogP contribution in [0.3, 0.4) is 0 Å². The second kappa shape index (κ2) is 5.57. The molecule has 104 valence electrons. The minimum Gasteiger partial charge on any atom is -0.481 e. The third kappa shape index (κ3) is 3.23. The number of carboxylic acids is 1. The van der Waals surface area contributed by atoms with E-state index in [-0.39, 0.29) is 17.6 Å². The largest absolute Gasteiger partial charge is 0.481 e. The summed E-state index contributed by atoms with van der Waals surface area (Å²) in [7, 11) is 0. The number of carboxylic acid groups (broad SMARTS) is 1. The standard InChI is InChI=1S/C14H25NO3/c1-14(2)10-15(8-9-18-14)12-7-5-3-4-6-11(12)13(16)17/h11-12H,3-10H2,1-2H3,(H,16,17). The monoisotopic (exact) mass is 255 g/mol. The maximum Gasteiger partial charge on any atom is 0.308 e. The van der Waals surface area contributed by atoms with Crippen molar-refractivity contribution < 1.29 is 14.6 Å². The molecule has 0 aromatic carbocycles. The Labute approximate surface area is 109 Å². The van der Waals surface area contributed by atoms with Crippen LogP contribution in [-0.2, 0) is 9.53 Å². The third-order valence-electron chi connectivity index (χ3n) is 4.22. The van der Waals surface area contributed by atoms with Crippen molar-refractivity contribution in [2.24, 2.45) is 5.92 Å². The second-order valence-corrected chi connectivity index (χ2v) is 6.23. The van der Waals surface area contributed by atoms with Gasteiger partial charge in [0.1, 0.15) is 0 Å². The van der Waals surface area contributed by atoms with Gasteiger partial charge in [0.05, 0.1) is 18.1 Å². The second-order valence-electron chi connectivity index (χ2n) is 6.23. The quantitative estimate of drug-likeness (QED) is 0.768. The fourth-order valence-electron chi connectivity index (χ4n) is 3.35. The molecule has 2 unspecified atom stereocenters. The van der Waals surface area contributed by atoms with Crippen molar-refractivity contribution >= 4 is 5.97 Å². The predicted molar refractivity (Wildman–Crippen MR) is 69.6 cm³/mol. The number of ether oxygens (including phenoxy) is 1. The molecule has 4 nitrogen and oxygen atoms in total. The number of morpholine rings is 1. The first-order valence-corrected chi connectivity index (χ1v) is 7.10. The molecular formula is C14H25NO3. The first-order chi connectivity index (χ1) is 8.49. The first-order valence-electron chi connectivity index (χ1n) is 7.10. The molecule has 18 heavy (non-hydrogen) atoms. The number of carbonyl (C=O) groups is 1. The van der Waals surface area contributed by atoms with E-state index in [9.17, 15) is 9.90 Å². The van der Waals surface area contributed by atoms with E-state index in [4.69, 9.17) is 4.74 Å². The molecule has 0 spiro atoms. The Morgan fingerprint density at radius 2 is 2.00 bits per heavy atom. The van der Waals surface area contributed by atoms with Gasteiger partial charge in [-0.25, -0.2) is 0 Å². The topological polar surface area (TPSA) is 49.8 Å². The van der Waals surface area contributed by atoms with Gasteiger partial charge in [-0.15, -0.1) is 0 Å². The van der Waals surface area contributed by atoms with Crippen LogP contribution >= 0.6 is 0 Å². The highest BCUT2D eigenvalue weighted by Crippen LogP contribution is 2.30. The number of rotatable bonds is 2. The van der Waals surface area contributed by atoms with E-state index >= 15 is 0 Å². The Bertz CT molecular complexity index is 303. The number of nitrogens with zero attached hydrogens (tertiary/aromatic N) is 1. The minimum atomic E-state index is -0.619. The van der Waals surface area contributed by atoms with Crippen LogP contribution in [0.15, 0.2) is 0 Å². The van der Waals surface area contributed by atoms with Gasteiger partial charge in [0.15, 0.2) is 0 Å². The highest BCUT2D eigenvalue weighted by molar-refractivity contribution is 5.70. The van der Waals surface area contributed by atoms with Crippen LogP contribution in [0.5, 0.6) is 0 Å². The van der Waals surface area contributed by atoms with Gasteiger partial charge >= 0.3 is 5.97 Å². The number of aliphatic carboxylic acids is 1. The van der Waals surface area contributed by atoms with E-state index in [0.717, 1.165) is 45.4 Å². The molecule has 1 N–H and O–H groups in total. The maximum atomic E-state index is 11.5. The molecule has 2 aliphatic rings. The Morgan fingerprint density at radius 1 is 1.28 bits per heavy atom. The van der Waals surface area contributed by atoms with Gasteiger partial charge in [-0.05, 0) is 26.7 Å². The maximum absolute atomic E-state index is 11.5. The summed E-state index contributed by atoms with van der Waals surface area (Å²) in [6, 6.07) is 0.202. The van der Waals surface area contributed by atoms with Gasteiger partial charge in [-0.2, -0.15) is 0 Å². The lowest BCUT2D eigenvalue weighted by molar-refractivity contribution is -0.148. The molecule has 1 saturated heterocycles. The average Bonchev–Trinajstić information content (AvgIpc) is 2.52. The van der Waals surface area contributed by atoms with Crippen LogP contribution in [0.25, 0.3) is 0 Å². The Morgan fingerprint density at radius 3 is 2.67 bits per heavy atom. The van der Waals surface area contributed by atoms with Crippen molar-refractivity contribution in [3.05, 3.63) is 0 Å². The summed E-state index contributed by atoms with van der Waals surface area (Å²) in [5.41, 5.74) is -0.145. The SMILES string of the molecule is CC1(C)CN(C2CCCCCC2C(=O)O)CCO1. The van der Waals surface area contributed by atoms with E-state index in [2.05, 4.69) is 18.7 Å². The molecule has 1 aliphatic heterocycles. The van der Waals surface area contributed by atoms with E-state index in [0.29, 0.717) is 0 Å². The zero-order valence-corrected chi connectivity index (χ0v) is 11.5. The summed E-state index contributed by atoms with van der Waals surface area (Å²) in [6.45, 7) is 6.62. The first kappa shape index (κ1) is 13.8. The van der Waals surface area contributed by atoms with Crippen molar-refractivity contribution in [1.82, 2.24) is 4.90 Å². The fraction of sp³-hybridized carbons (Fsp3) is 0.929. The fourth-order valence-corrected chi connectivity index (χ4v) is 3.35. The normalized spacial score (nSPS) is 33.9. The molecule has 1 heterocycles. The van der Waals surface area contributed by atoms with E-state index in [1.807, 2.05) is 0 Å². The third-order valence-corrected chi connectivity index (χ3v) is 4.22. The lowest BCUT2D eigenvalue weighted by Crippen LogP contribution is -2.54. The van der Waals surface area contributed by atoms with Gasteiger partial charge in [-0.3, -0.25) is 9.69 Å². The molecule has 2 fully saturated rings. The van der Waals surface area contributed by atoms with Gasteiger partial charge in [0, 0.05) is 19.1 Å². The Kier molecular flexibility index (Phi) is 4.28. The zero-order chi connectivity index (χ0) is 13.2. The lowest BCUT2D eigenvalue weighted by atomic mass is 9.91. The molecule has 0 aromatic heterocycles. The molecule has 1 aliphatic carbocycles. The molecular weight excluding hydrogens is 230 g/mol. The molecule has 1 saturated carbocycles. The van der Waals surface area contributed by atoms with Crippen molar-refractivity contribution in [1.29, 1.82) is 0 Å². The number of hydrogen-bond acceptors (Lipinski definition) is 3. The smallest absolute Gasteiger partial charge is 0.308 e. The Balaban J connectivity index is 2.09. The van der Waals surface area contributed by atoms with Crippen LogP contribution in [-0.4, -0.2) is 47.3 Å². The van der Waals surface area contributed by atoms with Gasteiger partial charge in [0.2, 0.25) is 0 Å². The highest BCUT2D eigenvalue weighted by Gasteiger charge is 2.38. The summed E-state index contributed by atoms with van der Waals surface area (Å²) < 4.78 is 5.72. The van der Waals surface area contributed by atoms with E-state index in [1.165, 1.54) is 6.42 Å². The zero-order valence-electron chi connectivity index (χ0n) is 11.5. The van der Waals surface area contributed by atoms with Crippen molar-refractivity contribution in [3.63, 3.8) is 0 Å². The molecule has 0 bridgehead atoms. The van der Waals surface area contributed by atoms with Crippen LogP contribution < -0.4 is 0 Å². The highest BCUT2D eigenvalue weighted by atomic mass is 16.5. The van der Waals surface area contributed by atoms with Crippen LogP contribution in [0, 0.1) is 5.92 Å². The summed E-state index contributed by atoms with van der Waals surface area (Å²) in [5.74, 6) is -0.812. The summed E-state index contributed by atoms with van der Waals surface area (Å²) in [6.07, 6.45) is 5.24. The molecule has 0 amide bonds. The van der Waals surface area contributed by atoms with Crippen LogP contribution in [0.1, 0.15) is 46.0 Å². The molecule has 0 aromatic rings. The Hall–Kier alpha value is -0.610. The van der Waals surface area contributed by atoms with Gasteiger partial charge in [-0.1, -0.05) is 19.3 Å². The number of hydrogen-bond donors (Lipinski definition) is 1. The van der Waals surface area contributed by atoms with E-state index < -0.39 is 5.97 Å². The van der Waals surface area contributed by atoms with Crippen molar-refractivity contribution in [3.8, 4) is 0 Å².